The largest absolute Gasteiger partial charge is 0.480 e. The van der Waals surface area contributed by atoms with Crippen LogP contribution in [0.2, 0.25) is 0 Å². The molecule has 0 spiro atoms. The van der Waals surface area contributed by atoms with Crippen molar-refractivity contribution in [1.29, 1.82) is 0 Å². The minimum absolute atomic E-state index is 0.235. The molecule has 1 rings (SSSR count). The van der Waals surface area contributed by atoms with Gasteiger partial charge in [-0.2, -0.15) is 0 Å². The van der Waals surface area contributed by atoms with Gasteiger partial charge in [0.2, 0.25) is 5.91 Å². The summed E-state index contributed by atoms with van der Waals surface area (Å²) in [6.45, 7) is 2.99. The molecule has 1 unspecified atom stereocenters. The molecule has 0 bridgehead atoms. The average Bonchev–Trinajstić information content (AvgIpc) is 2.34. The van der Waals surface area contributed by atoms with E-state index in [1.54, 1.807) is 6.92 Å². The second kappa shape index (κ2) is 6.48. The highest BCUT2D eigenvalue weighted by Gasteiger charge is 2.18. The smallest absolute Gasteiger partial charge is 0.326 e. The standard InChI is InChI=1S/C12H15N3O4/c1-3-9(12(18)19)15-11(17)8-4-5-13-10(6-8)14-7(2)16/h4-6,9H,3H2,1-2H3,(H,15,17)(H,18,19)(H,13,14,16). The number of nitrogens with one attached hydrogen (secondary N) is 2. The molecule has 1 atom stereocenters. The number of carbonyl (C=O) groups excluding carboxylic acids is 2. The molecule has 7 heteroatoms. The van der Waals surface area contributed by atoms with Crippen molar-refractivity contribution in [2.75, 3.05) is 5.32 Å². The fraction of sp³-hybridized carbons (Fsp3) is 0.333. The number of aromatic nitrogens is 1. The van der Waals surface area contributed by atoms with E-state index in [4.69, 9.17) is 5.11 Å². The number of rotatable bonds is 5. The molecule has 102 valence electrons. The quantitative estimate of drug-likeness (QED) is 0.723. The van der Waals surface area contributed by atoms with E-state index in [2.05, 4.69) is 15.6 Å². The predicted molar refractivity (Wildman–Crippen MR) is 67.7 cm³/mol. The van der Waals surface area contributed by atoms with Crippen molar-refractivity contribution in [3.63, 3.8) is 0 Å². The molecule has 1 aromatic rings. The van der Waals surface area contributed by atoms with Crippen LogP contribution in [-0.2, 0) is 9.59 Å². The van der Waals surface area contributed by atoms with Gasteiger partial charge in [0.1, 0.15) is 11.9 Å². The molecule has 1 aromatic heterocycles. The first kappa shape index (κ1) is 14.6. The highest BCUT2D eigenvalue weighted by atomic mass is 16.4. The number of carboxylic acids is 1. The summed E-state index contributed by atoms with van der Waals surface area (Å²) in [5.74, 6) is -1.68. The maximum atomic E-state index is 11.8. The molecular weight excluding hydrogens is 250 g/mol. The van der Waals surface area contributed by atoms with Crippen molar-refractivity contribution in [3.8, 4) is 0 Å². The number of hydrogen-bond acceptors (Lipinski definition) is 4. The van der Waals surface area contributed by atoms with Gasteiger partial charge in [0, 0.05) is 18.7 Å². The van der Waals surface area contributed by atoms with E-state index in [0.29, 0.717) is 0 Å². The Hall–Kier alpha value is -2.44. The Kier molecular flexibility index (Phi) is 4.99. The second-order valence-corrected chi connectivity index (χ2v) is 3.88. The first-order valence-electron chi connectivity index (χ1n) is 5.71. The van der Waals surface area contributed by atoms with Gasteiger partial charge in [0.05, 0.1) is 0 Å². The lowest BCUT2D eigenvalue weighted by molar-refractivity contribution is -0.139. The Morgan fingerprint density at radius 3 is 2.63 bits per heavy atom. The SMILES string of the molecule is CCC(NC(=O)c1ccnc(NC(C)=O)c1)C(=O)O. The van der Waals surface area contributed by atoms with E-state index in [9.17, 15) is 14.4 Å². The van der Waals surface area contributed by atoms with Crippen molar-refractivity contribution in [2.45, 2.75) is 26.3 Å². The van der Waals surface area contributed by atoms with Crippen LogP contribution < -0.4 is 10.6 Å². The summed E-state index contributed by atoms with van der Waals surface area (Å²) in [4.78, 5) is 37.4. The summed E-state index contributed by atoms with van der Waals surface area (Å²) in [5.41, 5.74) is 0.235. The van der Waals surface area contributed by atoms with Gasteiger partial charge in [-0.25, -0.2) is 9.78 Å². The summed E-state index contributed by atoms with van der Waals surface area (Å²) in [6, 6.07) is 1.88. The number of aliphatic carboxylic acids is 1. The fourth-order valence-electron chi connectivity index (χ4n) is 1.40. The van der Waals surface area contributed by atoms with E-state index in [0.717, 1.165) is 0 Å². The van der Waals surface area contributed by atoms with Crippen LogP contribution in [0.1, 0.15) is 30.6 Å². The Labute approximate surface area is 110 Å². The topological polar surface area (TPSA) is 108 Å². The minimum Gasteiger partial charge on any atom is -0.480 e. The van der Waals surface area contributed by atoms with Crippen LogP contribution in [0.25, 0.3) is 0 Å². The second-order valence-electron chi connectivity index (χ2n) is 3.88. The van der Waals surface area contributed by atoms with E-state index < -0.39 is 17.9 Å². The van der Waals surface area contributed by atoms with Crippen molar-refractivity contribution in [1.82, 2.24) is 10.3 Å². The monoisotopic (exact) mass is 265 g/mol. The summed E-state index contributed by atoms with van der Waals surface area (Å²) >= 11 is 0. The highest BCUT2D eigenvalue weighted by molar-refractivity contribution is 5.98. The normalized spacial score (nSPS) is 11.5. The number of carboxylic acid groups (broad SMARTS) is 1. The molecule has 0 aromatic carbocycles. The van der Waals surface area contributed by atoms with Gasteiger partial charge in [0.25, 0.3) is 5.91 Å². The zero-order valence-electron chi connectivity index (χ0n) is 10.6. The molecule has 0 saturated heterocycles. The van der Waals surface area contributed by atoms with Crippen LogP contribution in [0.3, 0.4) is 0 Å². The van der Waals surface area contributed by atoms with Crippen molar-refractivity contribution < 1.29 is 19.5 Å². The molecule has 0 fully saturated rings. The molecule has 0 aliphatic heterocycles. The van der Waals surface area contributed by atoms with Gasteiger partial charge >= 0.3 is 5.97 Å². The maximum Gasteiger partial charge on any atom is 0.326 e. The lowest BCUT2D eigenvalue weighted by Crippen LogP contribution is -2.40. The van der Waals surface area contributed by atoms with Gasteiger partial charge in [-0.1, -0.05) is 6.92 Å². The molecule has 0 saturated carbocycles. The molecule has 7 nitrogen and oxygen atoms in total. The first-order chi connectivity index (χ1) is 8.93. The summed E-state index contributed by atoms with van der Waals surface area (Å²) in [6.07, 6.45) is 1.65. The van der Waals surface area contributed by atoms with Crippen LogP contribution in [0.5, 0.6) is 0 Å². The number of pyridine rings is 1. The van der Waals surface area contributed by atoms with Gasteiger partial charge in [0.15, 0.2) is 0 Å². The molecule has 0 aliphatic rings. The molecule has 0 radical (unpaired) electrons. The summed E-state index contributed by atoms with van der Waals surface area (Å²) in [7, 11) is 0. The average molecular weight is 265 g/mol. The van der Waals surface area contributed by atoms with Crippen LogP contribution >= 0.6 is 0 Å². The van der Waals surface area contributed by atoms with Gasteiger partial charge in [-0.3, -0.25) is 9.59 Å². The number of anilines is 1. The fourth-order valence-corrected chi connectivity index (χ4v) is 1.40. The minimum atomic E-state index is -1.09. The predicted octanol–water partition coefficient (Wildman–Crippen LogP) is 0.633. The van der Waals surface area contributed by atoms with Crippen molar-refractivity contribution in [2.24, 2.45) is 0 Å². The van der Waals surface area contributed by atoms with Crippen LogP contribution in [-0.4, -0.2) is 33.9 Å². The Morgan fingerprint density at radius 1 is 1.42 bits per heavy atom. The molecule has 0 aliphatic carbocycles. The molecule has 2 amide bonds. The van der Waals surface area contributed by atoms with E-state index in [-0.39, 0.29) is 23.7 Å². The Morgan fingerprint density at radius 2 is 2.11 bits per heavy atom. The summed E-state index contributed by atoms with van der Waals surface area (Å²) in [5, 5.41) is 13.7. The van der Waals surface area contributed by atoms with Crippen LogP contribution in [0.4, 0.5) is 5.82 Å². The molecule has 3 N–H and O–H groups in total. The third kappa shape index (κ3) is 4.38. The number of carbonyl (C=O) groups is 3. The van der Waals surface area contributed by atoms with Gasteiger partial charge < -0.3 is 15.7 Å². The van der Waals surface area contributed by atoms with E-state index >= 15 is 0 Å². The number of nitrogens with zero attached hydrogens (tertiary/aromatic N) is 1. The van der Waals surface area contributed by atoms with Crippen molar-refractivity contribution >= 4 is 23.6 Å². The zero-order chi connectivity index (χ0) is 14.4. The molecule has 19 heavy (non-hydrogen) atoms. The first-order valence-corrected chi connectivity index (χ1v) is 5.71. The van der Waals surface area contributed by atoms with E-state index in [1.807, 2.05) is 0 Å². The number of hydrogen-bond donors (Lipinski definition) is 3. The highest BCUT2D eigenvalue weighted by Crippen LogP contribution is 2.07. The van der Waals surface area contributed by atoms with Crippen molar-refractivity contribution in [3.05, 3.63) is 23.9 Å². The molecular formula is C12H15N3O4. The molecule has 1 heterocycles. The van der Waals surface area contributed by atoms with Crippen LogP contribution in [0.15, 0.2) is 18.3 Å². The lowest BCUT2D eigenvalue weighted by Gasteiger charge is -2.12. The Balaban J connectivity index is 2.82. The van der Waals surface area contributed by atoms with Gasteiger partial charge in [-0.15, -0.1) is 0 Å². The third-order valence-corrected chi connectivity index (χ3v) is 2.34. The van der Waals surface area contributed by atoms with E-state index in [1.165, 1.54) is 25.3 Å². The number of amides is 2. The third-order valence-electron chi connectivity index (χ3n) is 2.34. The zero-order valence-corrected chi connectivity index (χ0v) is 10.6. The van der Waals surface area contributed by atoms with Crippen LogP contribution in [0, 0.1) is 0 Å². The summed E-state index contributed by atoms with van der Waals surface area (Å²) < 4.78 is 0. The maximum absolute atomic E-state index is 11.8. The Bertz CT molecular complexity index is 502. The van der Waals surface area contributed by atoms with Gasteiger partial charge in [-0.05, 0) is 18.6 Å². The lowest BCUT2D eigenvalue weighted by atomic mass is 10.2.